The van der Waals surface area contributed by atoms with E-state index in [9.17, 15) is 19.7 Å². The van der Waals surface area contributed by atoms with E-state index in [4.69, 9.17) is 14.2 Å². The molecule has 4 rings (SSSR count). The van der Waals surface area contributed by atoms with E-state index < -0.39 is 16.8 Å². The zero-order valence-corrected chi connectivity index (χ0v) is 19.2. The van der Waals surface area contributed by atoms with Crippen LogP contribution in [0.15, 0.2) is 36.4 Å². The summed E-state index contributed by atoms with van der Waals surface area (Å²) >= 11 is 2.25. The van der Waals surface area contributed by atoms with Gasteiger partial charge in [-0.1, -0.05) is 17.4 Å². The molecule has 0 saturated heterocycles. The fourth-order valence-electron chi connectivity index (χ4n) is 3.24. The van der Waals surface area contributed by atoms with Gasteiger partial charge in [-0.3, -0.25) is 14.9 Å². The van der Waals surface area contributed by atoms with Crippen LogP contribution >= 0.6 is 22.7 Å². The van der Waals surface area contributed by atoms with Gasteiger partial charge in [-0.2, -0.15) is 0 Å². The highest BCUT2D eigenvalue weighted by molar-refractivity contribution is 7.17. The number of ether oxygens (including phenoxy) is 3. The van der Waals surface area contributed by atoms with Crippen LogP contribution in [0.4, 0.5) is 10.0 Å². The second-order valence-corrected chi connectivity index (χ2v) is 9.17. The summed E-state index contributed by atoms with van der Waals surface area (Å²) in [6.07, 6.45) is 3.28. The number of carbonyl (C=O) groups is 2. The lowest BCUT2D eigenvalue weighted by Gasteiger charge is -2.04. The lowest BCUT2D eigenvalue weighted by molar-refractivity contribution is -0.380. The number of esters is 1. The molecule has 33 heavy (non-hydrogen) atoms. The van der Waals surface area contributed by atoms with Gasteiger partial charge in [-0.15, -0.1) is 11.3 Å². The number of amides is 1. The van der Waals surface area contributed by atoms with Crippen LogP contribution in [0.2, 0.25) is 0 Å². The van der Waals surface area contributed by atoms with E-state index >= 15 is 0 Å². The average molecular weight is 487 g/mol. The highest BCUT2D eigenvalue weighted by Gasteiger charge is 2.23. The summed E-state index contributed by atoms with van der Waals surface area (Å²) in [4.78, 5) is 36.7. The predicted octanol–water partition coefficient (Wildman–Crippen LogP) is 4.78. The number of anilines is 1. The second-order valence-electron chi connectivity index (χ2n) is 6.97. The molecule has 0 spiro atoms. The molecule has 3 heterocycles. The normalized spacial score (nSPS) is 12.2. The molecular weight excluding hydrogens is 468 g/mol. The van der Waals surface area contributed by atoms with Crippen molar-refractivity contribution in [2.45, 2.75) is 13.3 Å². The van der Waals surface area contributed by atoms with Gasteiger partial charge in [0.2, 0.25) is 12.7 Å². The lowest BCUT2D eigenvalue weighted by atomic mass is 10.1. The van der Waals surface area contributed by atoms with Gasteiger partial charge in [0.25, 0.3) is 0 Å². The number of nitro groups is 1. The minimum absolute atomic E-state index is 0.00919. The van der Waals surface area contributed by atoms with Gasteiger partial charge < -0.3 is 19.5 Å². The van der Waals surface area contributed by atoms with E-state index in [0.717, 1.165) is 27.3 Å². The van der Waals surface area contributed by atoms with Crippen molar-refractivity contribution in [3.8, 4) is 11.5 Å². The van der Waals surface area contributed by atoms with Crippen LogP contribution in [-0.4, -0.2) is 30.7 Å². The topological polar surface area (TPSA) is 117 Å². The SMILES string of the molecule is COC(=O)c1c(NC(=O)/C=C/c2ccc([N+](=O)[O-])s2)sc(Cc2ccc3c(c2)OCO3)c1C. The van der Waals surface area contributed by atoms with Crippen molar-refractivity contribution >= 4 is 50.6 Å². The summed E-state index contributed by atoms with van der Waals surface area (Å²) in [6.45, 7) is 1.99. The summed E-state index contributed by atoms with van der Waals surface area (Å²) in [6, 6.07) is 8.59. The van der Waals surface area contributed by atoms with Crippen LogP contribution in [-0.2, 0) is 16.0 Å². The molecule has 0 bridgehead atoms. The Morgan fingerprint density at radius 2 is 2.00 bits per heavy atom. The first-order valence-electron chi connectivity index (χ1n) is 9.68. The van der Waals surface area contributed by atoms with Crippen LogP contribution in [0.5, 0.6) is 11.5 Å². The number of hydrogen-bond donors (Lipinski definition) is 1. The molecule has 0 atom stereocenters. The minimum Gasteiger partial charge on any atom is -0.465 e. The summed E-state index contributed by atoms with van der Waals surface area (Å²) in [5.41, 5.74) is 1.99. The molecule has 3 aromatic rings. The maximum absolute atomic E-state index is 12.5. The number of carbonyl (C=O) groups excluding carboxylic acids is 2. The van der Waals surface area contributed by atoms with E-state index in [2.05, 4.69) is 5.32 Å². The monoisotopic (exact) mass is 486 g/mol. The molecule has 0 radical (unpaired) electrons. The Hall–Kier alpha value is -3.70. The third-order valence-corrected chi connectivity index (χ3v) is 7.07. The van der Waals surface area contributed by atoms with E-state index in [0.29, 0.717) is 33.4 Å². The van der Waals surface area contributed by atoms with E-state index in [1.807, 2.05) is 18.2 Å². The van der Waals surface area contributed by atoms with Gasteiger partial charge in [0.1, 0.15) is 5.00 Å². The number of hydrogen-bond acceptors (Lipinski definition) is 9. The van der Waals surface area contributed by atoms with Crippen molar-refractivity contribution in [2.24, 2.45) is 0 Å². The number of thiophene rings is 2. The fourth-order valence-corrected chi connectivity index (χ4v) is 5.20. The third kappa shape index (κ3) is 4.89. The molecule has 2 aromatic heterocycles. The summed E-state index contributed by atoms with van der Waals surface area (Å²) in [5.74, 6) is 0.344. The quantitative estimate of drug-likeness (QED) is 0.221. The zero-order valence-electron chi connectivity index (χ0n) is 17.6. The minimum atomic E-state index is -0.547. The third-order valence-electron chi connectivity index (χ3n) is 4.87. The van der Waals surface area contributed by atoms with Crippen LogP contribution < -0.4 is 14.8 Å². The van der Waals surface area contributed by atoms with Gasteiger partial charge >= 0.3 is 11.0 Å². The Kier molecular flexibility index (Phi) is 6.43. The zero-order chi connectivity index (χ0) is 23.5. The number of fused-ring (bicyclic) bond motifs is 1. The van der Waals surface area contributed by atoms with Crippen LogP contribution in [0, 0.1) is 17.0 Å². The Morgan fingerprint density at radius 1 is 1.21 bits per heavy atom. The number of nitrogens with one attached hydrogen (secondary N) is 1. The number of rotatable bonds is 7. The summed E-state index contributed by atoms with van der Waals surface area (Å²) < 4.78 is 15.7. The van der Waals surface area contributed by atoms with Crippen molar-refractivity contribution < 1.29 is 28.7 Å². The molecule has 1 aromatic carbocycles. The molecule has 9 nitrogen and oxygen atoms in total. The second kappa shape index (κ2) is 9.43. The molecule has 11 heteroatoms. The van der Waals surface area contributed by atoms with Crippen molar-refractivity contribution in [2.75, 3.05) is 19.2 Å². The number of benzene rings is 1. The molecule has 170 valence electrons. The highest BCUT2D eigenvalue weighted by atomic mass is 32.1. The van der Waals surface area contributed by atoms with Gasteiger partial charge in [-0.25, -0.2) is 4.79 Å². The van der Waals surface area contributed by atoms with Crippen molar-refractivity contribution in [3.63, 3.8) is 0 Å². The molecule has 1 aliphatic heterocycles. The van der Waals surface area contributed by atoms with E-state index in [-0.39, 0.29) is 11.8 Å². The van der Waals surface area contributed by atoms with Crippen LogP contribution in [0.25, 0.3) is 6.08 Å². The van der Waals surface area contributed by atoms with Gasteiger partial charge in [0.15, 0.2) is 11.5 Å². The first-order valence-corrected chi connectivity index (χ1v) is 11.3. The van der Waals surface area contributed by atoms with Crippen molar-refractivity contribution in [3.05, 3.63) is 73.0 Å². The van der Waals surface area contributed by atoms with Crippen molar-refractivity contribution in [1.82, 2.24) is 0 Å². The number of nitrogens with zero attached hydrogens (tertiary/aromatic N) is 1. The molecule has 0 unspecified atom stereocenters. The predicted molar refractivity (Wildman–Crippen MR) is 124 cm³/mol. The lowest BCUT2D eigenvalue weighted by Crippen LogP contribution is -2.11. The summed E-state index contributed by atoms with van der Waals surface area (Å²) in [7, 11) is 1.28. The molecule has 0 saturated carbocycles. The van der Waals surface area contributed by atoms with Crippen LogP contribution in [0.1, 0.15) is 31.2 Å². The number of methoxy groups -OCH3 is 1. The standard InChI is InChI=1S/C22H18N2O7S2/c1-12-17(10-13-3-6-15-16(9-13)31-11-30-15)33-21(20(12)22(26)29-2)23-18(25)7-4-14-5-8-19(32-14)24(27)28/h3-9H,10-11H2,1-2H3,(H,23,25)/b7-4+. The maximum atomic E-state index is 12.5. The highest BCUT2D eigenvalue weighted by Crippen LogP contribution is 2.37. The largest absolute Gasteiger partial charge is 0.465 e. The average Bonchev–Trinajstić information content (AvgIpc) is 3.51. The maximum Gasteiger partial charge on any atom is 0.341 e. The Labute approximate surface area is 196 Å². The van der Waals surface area contributed by atoms with E-state index in [1.54, 1.807) is 13.0 Å². The fraction of sp³-hybridized carbons (Fsp3) is 0.182. The Morgan fingerprint density at radius 3 is 2.73 bits per heavy atom. The first kappa shape index (κ1) is 22.5. The Balaban J connectivity index is 1.55. The first-order chi connectivity index (χ1) is 15.9. The Bertz CT molecular complexity index is 1280. The van der Waals surface area contributed by atoms with Crippen LogP contribution in [0.3, 0.4) is 0 Å². The molecule has 1 amide bonds. The molecular formula is C22H18N2O7S2. The van der Waals surface area contributed by atoms with Gasteiger partial charge in [-0.05, 0) is 42.3 Å². The smallest absolute Gasteiger partial charge is 0.341 e. The van der Waals surface area contributed by atoms with Gasteiger partial charge in [0, 0.05) is 28.3 Å². The molecule has 0 fully saturated rings. The molecule has 0 aliphatic carbocycles. The molecule has 1 aliphatic rings. The molecule has 1 N–H and O–H groups in total. The van der Waals surface area contributed by atoms with E-state index in [1.165, 1.54) is 36.7 Å². The van der Waals surface area contributed by atoms with Gasteiger partial charge in [0.05, 0.1) is 17.6 Å². The van der Waals surface area contributed by atoms with Crippen molar-refractivity contribution in [1.29, 1.82) is 0 Å². The summed E-state index contributed by atoms with van der Waals surface area (Å²) in [5, 5.41) is 13.9.